The van der Waals surface area contributed by atoms with Crippen molar-refractivity contribution >= 4 is 34.8 Å². The van der Waals surface area contributed by atoms with E-state index >= 15 is 0 Å². The summed E-state index contributed by atoms with van der Waals surface area (Å²) in [5, 5.41) is 14.0. The zero-order valence-corrected chi connectivity index (χ0v) is 16.2. The van der Waals surface area contributed by atoms with Gasteiger partial charge in [0.1, 0.15) is 12.4 Å². The molecule has 0 spiro atoms. The molecule has 6 heteroatoms. The second kappa shape index (κ2) is 10.9. The maximum atomic E-state index is 8.79. The van der Waals surface area contributed by atoms with Crippen molar-refractivity contribution in [3.63, 3.8) is 0 Å². The Morgan fingerprint density at radius 3 is 2.40 bits per heavy atom. The molecule has 136 valence electrons. The van der Waals surface area contributed by atoms with Crippen LogP contribution in [0.2, 0.25) is 15.1 Å². The zero-order valence-electron chi connectivity index (χ0n) is 13.9. The first-order valence-electron chi connectivity index (χ1n) is 8.27. The molecule has 0 saturated carbocycles. The molecule has 25 heavy (non-hydrogen) atoms. The molecule has 0 amide bonds. The third-order valence-electron chi connectivity index (χ3n) is 3.75. The molecule has 0 unspecified atom stereocenters. The molecule has 2 aromatic rings. The molecule has 0 radical (unpaired) electrons. The highest BCUT2D eigenvalue weighted by molar-refractivity contribution is 6.35. The van der Waals surface area contributed by atoms with E-state index in [0.717, 1.165) is 42.7 Å². The van der Waals surface area contributed by atoms with Crippen molar-refractivity contribution < 1.29 is 9.84 Å². The highest BCUT2D eigenvalue weighted by Gasteiger charge is 2.07. The van der Waals surface area contributed by atoms with Crippen molar-refractivity contribution in [1.82, 2.24) is 5.32 Å². The summed E-state index contributed by atoms with van der Waals surface area (Å²) < 4.78 is 5.94. The first-order chi connectivity index (χ1) is 12.1. The lowest BCUT2D eigenvalue weighted by atomic mass is 10.2. The molecule has 2 rings (SSSR count). The van der Waals surface area contributed by atoms with Gasteiger partial charge in [-0.25, -0.2) is 0 Å². The van der Waals surface area contributed by atoms with Gasteiger partial charge in [0, 0.05) is 39.3 Å². The van der Waals surface area contributed by atoms with Crippen LogP contribution < -0.4 is 10.1 Å². The van der Waals surface area contributed by atoms with Gasteiger partial charge in [0.15, 0.2) is 0 Å². The maximum absolute atomic E-state index is 8.79. The molecule has 0 saturated heterocycles. The van der Waals surface area contributed by atoms with E-state index in [-0.39, 0.29) is 6.61 Å². The summed E-state index contributed by atoms with van der Waals surface area (Å²) in [5.74, 6) is 0.776. The Labute approximate surface area is 163 Å². The molecule has 0 aliphatic rings. The molecule has 2 N–H and O–H groups in total. The molecule has 3 nitrogen and oxygen atoms in total. The standard InChI is InChI=1S/C19H22Cl3NO2/c20-16-6-7-19(15(10-16)12-23-8-2-1-3-9-24)25-13-14-4-5-17(21)11-18(14)22/h4-7,10-11,23-24H,1-3,8-9,12-13H2. The average molecular weight is 403 g/mol. The first-order valence-corrected chi connectivity index (χ1v) is 9.40. The quantitative estimate of drug-likeness (QED) is 0.517. The molecule has 0 aromatic heterocycles. The summed E-state index contributed by atoms with van der Waals surface area (Å²) in [6.07, 6.45) is 2.88. The van der Waals surface area contributed by atoms with Crippen LogP contribution in [0.1, 0.15) is 30.4 Å². The van der Waals surface area contributed by atoms with Crippen LogP contribution in [0.25, 0.3) is 0 Å². The Bertz CT molecular complexity index is 680. The van der Waals surface area contributed by atoms with Gasteiger partial charge in [0.2, 0.25) is 0 Å². The van der Waals surface area contributed by atoms with Crippen LogP contribution in [0, 0.1) is 0 Å². The van der Waals surface area contributed by atoms with Crippen molar-refractivity contribution in [3.05, 3.63) is 62.6 Å². The number of hydrogen-bond donors (Lipinski definition) is 2. The number of aliphatic hydroxyl groups excluding tert-OH is 1. The van der Waals surface area contributed by atoms with Crippen LogP contribution in [0.4, 0.5) is 0 Å². The van der Waals surface area contributed by atoms with Crippen molar-refractivity contribution in [1.29, 1.82) is 0 Å². The zero-order chi connectivity index (χ0) is 18.1. The van der Waals surface area contributed by atoms with Crippen LogP contribution in [-0.2, 0) is 13.2 Å². The molecule has 0 fully saturated rings. The first kappa shape index (κ1) is 20.3. The second-order valence-electron chi connectivity index (χ2n) is 5.74. The van der Waals surface area contributed by atoms with E-state index in [9.17, 15) is 0 Å². The number of nitrogens with one attached hydrogen (secondary N) is 1. The van der Waals surface area contributed by atoms with Gasteiger partial charge in [-0.2, -0.15) is 0 Å². The molecule has 2 aromatic carbocycles. The van der Waals surface area contributed by atoms with E-state index in [1.165, 1.54) is 0 Å². The van der Waals surface area contributed by atoms with Gasteiger partial charge in [0.25, 0.3) is 0 Å². The van der Waals surface area contributed by atoms with Gasteiger partial charge in [-0.1, -0.05) is 40.9 Å². The Balaban J connectivity index is 1.93. The normalized spacial score (nSPS) is 10.9. The number of ether oxygens (including phenoxy) is 1. The van der Waals surface area contributed by atoms with Crippen LogP contribution in [0.3, 0.4) is 0 Å². The highest BCUT2D eigenvalue weighted by Crippen LogP contribution is 2.26. The van der Waals surface area contributed by atoms with E-state index < -0.39 is 0 Å². The van der Waals surface area contributed by atoms with Gasteiger partial charge in [0.05, 0.1) is 0 Å². The fraction of sp³-hybridized carbons (Fsp3) is 0.368. The van der Waals surface area contributed by atoms with Gasteiger partial charge >= 0.3 is 0 Å². The number of halogens is 3. The lowest BCUT2D eigenvalue weighted by Gasteiger charge is -2.14. The van der Waals surface area contributed by atoms with Gasteiger partial charge in [-0.3, -0.25) is 0 Å². The maximum Gasteiger partial charge on any atom is 0.124 e. The molecular weight excluding hydrogens is 381 g/mol. The smallest absolute Gasteiger partial charge is 0.124 e. The summed E-state index contributed by atoms with van der Waals surface area (Å²) in [5.41, 5.74) is 1.88. The van der Waals surface area contributed by atoms with E-state index in [1.54, 1.807) is 12.1 Å². The largest absolute Gasteiger partial charge is 0.489 e. The van der Waals surface area contributed by atoms with Crippen molar-refractivity contribution in [3.8, 4) is 5.75 Å². The monoisotopic (exact) mass is 401 g/mol. The highest BCUT2D eigenvalue weighted by atomic mass is 35.5. The summed E-state index contributed by atoms with van der Waals surface area (Å²) >= 11 is 18.2. The molecule has 0 aliphatic heterocycles. The minimum Gasteiger partial charge on any atom is -0.489 e. The predicted octanol–water partition coefficient (Wildman–Crippen LogP) is 5.48. The van der Waals surface area contributed by atoms with Crippen molar-refractivity contribution in [2.75, 3.05) is 13.2 Å². The fourth-order valence-corrected chi connectivity index (χ4v) is 3.04. The molecule has 0 atom stereocenters. The Hall–Kier alpha value is -0.970. The number of unbranched alkanes of at least 4 members (excludes halogenated alkanes) is 2. The minimum atomic E-state index is 0.250. The van der Waals surface area contributed by atoms with Crippen LogP contribution in [0.15, 0.2) is 36.4 Å². The molecular formula is C19H22Cl3NO2. The molecule has 0 heterocycles. The third-order valence-corrected chi connectivity index (χ3v) is 4.57. The van der Waals surface area contributed by atoms with Crippen LogP contribution in [0.5, 0.6) is 5.75 Å². The van der Waals surface area contributed by atoms with E-state index in [4.69, 9.17) is 44.6 Å². The molecule has 0 bridgehead atoms. The van der Waals surface area contributed by atoms with Crippen LogP contribution >= 0.6 is 34.8 Å². The van der Waals surface area contributed by atoms with E-state index in [2.05, 4.69) is 5.32 Å². The summed E-state index contributed by atoms with van der Waals surface area (Å²) in [6.45, 7) is 2.17. The molecule has 0 aliphatic carbocycles. The fourth-order valence-electron chi connectivity index (χ4n) is 2.38. The SMILES string of the molecule is OCCCCCNCc1cc(Cl)ccc1OCc1ccc(Cl)cc1Cl. The Morgan fingerprint density at radius 2 is 1.64 bits per heavy atom. The lowest BCUT2D eigenvalue weighted by molar-refractivity contribution is 0.282. The van der Waals surface area contributed by atoms with Gasteiger partial charge < -0.3 is 15.2 Å². The van der Waals surface area contributed by atoms with Crippen LogP contribution in [-0.4, -0.2) is 18.3 Å². The van der Waals surface area contributed by atoms with Crippen molar-refractivity contribution in [2.45, 2.75) is 32.4 Å². The van der Waals surface area contributed by atoms with E-state index in [1.807, 2.05) is 24.3 Å². The minimum absolute atomic E-state index is 0.250. The summed E-state index contributed by atoms with van der Waals surface area (Å²) in [6, 6.07) is 10.9. The number of hydrogen-bond acceptors (Lipinski definition) is 3. The van der Waals surface area contributed by atoms with E-state index in [0.29, 0.717) is 28.2 Å². The topological polar surface area (TPSA) is 41.5 Å². The Kier molecular flexibility index (Phi) is 8.87. The van der Waals surface area contributed by atoms with Crippen molar-refractivity contribution in [2.24, 2.45) is 0 Å². The average Bonchev–Trinajstić information content (AvgIpc) is 2.58. The Morgan fingerprint density at radius 1 is 0.880 bits per heavy atom. The third kappa shape index (κ3) is 7.04. The lowest BCUT2D eigenvalue weighted by Crippen LogP contribution is -2.15. The predicted molar refractivity (Wildman–Crippen MR) is 105 cm³/mol. The second-order valence-corrected chi connectivity index (χ2v) is 7.02. The summed E-state index contributed by atoms with van der Waals surface area (Å²) in [7, 11) is 0. The van der Waals surface area contributed by atoms with Gasteiger partial charge in [-0.05, 0) is 56.1 Å². The summed E-state index contributed by atoms with van der Waals surface area (Å²) in [4.78, 5) is 0. The number of aliphatic hydroxyl groups is 1. The number of rotatable bonds is 10. The van der Waals surface area contributed by atoms with Gasteiger partial charge in [-0.15, -0.1) is 0 Å². The number of benzene rings is 2.